The molecule has 1 aliphatic rings. The number of hydrogen-bond acceptors (Lipinski definition) is 3. The molecular formula is C12H24N2O2. The summed E-state index contributed by atoms with van der Waals surface area (Å²) in [5.74, 6) is 0.0528. The maximum atomic E-state index is 12.3. The molecule has 1 aliphatic heterocycles. The summed E-state index contributed by atoms with van der Waals surface area (Å²) in [6.07, 6.45) is 1.69. The first-order chi connectivity index (χ1) is 7.42. The Kier molecular flexibility index (Phi) is 4.33. The Morgan fingerprint density at radius 3 is 2.69 bits per heavy atom. The predicted molar refractivity (Wildman–Crippen MR) is 64.1 cm³/mol. The first-order valence-electron chi connectivity index (χ1n) is 6.14. The van der Waals surface area contributed by atoms with Crippen molar-refractivity contribution >= 4 is 5.91 Å². The first kappa shape index (κ1) is 13.5. The third-order valence-corrected chi connectivity index (χ3v) is 3.42. The molecule has 1 amide bonds. The molecule has 0 aliphatic carbocycles. The molecule has 1 saturated heterocycles. The van der Waals surface area contributed by atoms with Gasteiger partial charge in [0.25, 0.3) is 0 Å². The van der Waals surface area contributed by atoms with Crippen molar-refractivity contribution < 1.29 is 9.53 Å². The van der Waals surface area contributed by atoms with E-state index in [-0.39, 0.29) is 18.1 Å². The Morgan fingerprint density at radius 1 is 1.56 bits per heavy atom. The molecule has 0 saturated carbocycles. The van der Waals surface area contributed by atoms with E-state index in [1.165, 1.54) is 0 Å². The number of rotatable bonds is 3. The number of nitrogens with two attached hydrogens (primary N) is 1. The second kappa shape index (κ2) is 5.15. The Balaban J connectivity index is 2.78. The zero-order valence-corrected chi connectivity index (χ0v) is 10.8. The summed E-state index contributed by atoms with van der Waals surface area (Å²) in [4.78, 5) is 14.2. The monoisotopic (exact) mass is 228 g/mol. The van der Waals surface area contributed by atoms with E-state index in [0.29, 0.717) is 19.6 Å². The summed E-state index contributed by atoms with van der Waals surface area (Å²) in [7, 11) is 0. The van der Waals surface area contributed by atoms with Gasteiger partial charge in [0.1, 0.15) is 0 Å². The van der Waals surface area contributed by atoms with E-state index in [1.54, 1.807) is 0 Å². The third kappa shape index (κ3) is 2.74. The van der Waals surface area contributed by atoms with Crippen LogP contribution < -0.4 is 5.73 Å². The SMILES string of the molecule is CCC1COC(C)CN1C(=O)C(C)(N)CC. The van der Waals surface area contributed by atoms with Gasteiger partial charge in [-0.2, -0.15) is 0 Å². The molecule has 0 radical (unpaired) electrons. The summed E-state index contributed by atoms with van der Waals surface area (Å²) in [6.45, 7) is 9.11. The maximum Gasteiger partial charge on any atom is 0.242 e. The number of amides is 1. The Morgan fingerprint density at radius 2 is 2.19 bits per heavy atom. The van der Waals surface area contributed by atoms with Crippen LogP contribution in [0.15, 0.2) is 0 Å². The second-order valence-corrected chi connectivity index (χ2v) is 4.93. The molecule has 2 N–H and O–H groups in total. The molecule has 3 atom stereocenters. The minimum atomic E-state index is -0.746. The zero-order chi connectivity index (χ0) is 12.3. The van der Waals surface area contributed by atoms with Gasteiger partial charge in [-0.3, -0.25) is 4.79 Å². The van der Waals surface area contributed by atoms with E-state index in [0.717, 1.165) is 6.42 Å². The van der Waals surface area contributed by atoms with Crippen LogP contribution in [0.3, 0.4) is 0 Å². The largest absolute Gasteiger partial charge is 0.375 e. The summed E-state index contributed by atoms with van der Waals surface area (Å²) in [5.41, 5.74) is 5.28. The summed E-state index contributed by atoms with van der Waals surface area (Å²) in [6, 6.07) is 0.179. The van der Waals surface area contributed by atoms with Crippen LogP contribution in [0.4, 0.5) is 0 Å². The van der Waals surface area contributed by atoms with Gasteiger partial charge in [-0.25, -0.2) is 0 Å². The third-order valence-electron chi connectivity index (χ3n) is 3.42. The van der Waals surface area contributed by atoms with Gasteiger partial charge in [0, 0.05) is 6.54 Å². The number of ether oxygens (including phenoxy) is 1. The maximum absolute atomic E-state index is 12.3. The fourth-order valence-electron chi connectivity index (χ4n) is 1.91. The highest BCUT2D eigenvalue weighted by atomic mass is 16.5. The van der Waals surface area contributed by atoms with Crippen LogP contribution in [0.5, 0.6) is 0 Å². The number of carbonyl (C=O) groups is 1. The van der Waals surface area contributed by atoms with Gasteiger partial charge < -0.3 is 15.4 Å². The van der Waals surface area contributed by atoms with Gasteiger partial charge >= 0.3 is 0 Å². The molecule has 3 unspecified atom stereocenters. The molecule has 0 aromatic carbocycles. The van der Waals surface area contributed by atoms with Gasteiger partial charge in [-0.05, 0) is 26.7 Å². The van der Waals surface area contributed by atoms with E-state index >= 15 is 0 Å². The number of nitrogens with zero attached hydrogens (tertiary/aromatic N) is 1. The summed E-state index contributed by atoms with van der Waals surface area (Å²) < 4.78 is 5.57. The van der Waals surface area contributed by atoms with Crippen molar-refractivity contribution in [1.29, 1.82) is 0 Å². The van der Waals surface area contributed by atoms with Crippen molar-refractivity contribution in [3.63, 3.8) is 0 Å². The first-order valence-corrected chi connectivity index (χ1v) is 6.14. The summed E-state index contributed by atoms with van der Waals surface area (Å²) in [5, 5.41) is 0. The molecule has 4 heteroatoms. The zero-order valence-electron chi connectivity index (χ0n) is 10.8. The highest BCUT2D eigenvalue weighted by Gasteiger charge is 2.37. The minimum Gasteiger partial charge on any atom is -0.375 e. The molecule has 0 spiro atoms. The second-order valence-electron chi connectivity index (χ2n) is 4.93. The van der Waals surface area contributed by atoms with Crippen molar-refractivity contribution in [2.24, 2.45) is 5.73 Å². The molecule has 1 rings (SSSR count). The lowest BCUT2D eigenvalue weighted by Gasteiger charge is -2.41. The average molecular weight is 228 g/mol. The van der Waals surface area contributed by atoms with Gasteiger partial charge in [-0.1, -0.05) is 13.8 Å². The molecule has 16 heavy (non-hydrogen) atoms. The highest BCUT2D eigenvalue weighted by Crippen LogP contribution is 2.19. The van der Waals surface area contributed by atoms with E-state index in [9.17, 15) is 4.79 Å². The lowest BCUT2D eigenvalue weighted by Crippen LogP contribution is -2.60. The molecule has 0 aromatic rings. The number of carbonyl (C=O) groups excluding carboxylic acids is 1. The number of morpholine rings is 1. The Labute approximate surface area is 98.1 Å². The molecule has 1 fully saturated rings. The van der Waals surface area contributed by atoms with Crippen molar-refractivity contribution in [1.82, 2.24) is 4.90 Å². The van der Waals surface area contributed by atoms with Crippen LogP contribution in [0.1, 0.15) is 40.5 Å². The van der Waals surface area contributed by atoms with Crippen molar-refractivity contribution in [3.8, 4) is 0 Å². The van der Waals surface area contributed by atoms with Gasteiger partial charge in [0.05, 0.1) is 24.3 Å². The van der Waals surface area contributed by atoms with E-state index < -0.39 is 5.54 Å². The fourth-order valence-corrected chi connectivity index (χ4v) is 1.91. The van der Waals surface area contributed by atoms with E-state index in [2.05, 4.69) is 6.92 Å². The molecule has 94 valence electrons. The highest BCUT2D eigenvalue weighted by molar-refractivity contribution is 5.86. The minimum absolute atomic E-state index is 0.0528. The predicted octanol–water partition coefficient (Wildman–Crippen LogP) is 1.14. The number of hydrogen-bond donors (Lipinski definition) is 1. The van der Waals surface area contributed by atoms with Crippen LogP contribution in [0.25, 0.3) is 0 Å². The van der Waals surface area contributed by atoms with E-state index in [4.69, 9.17) is 10.5 Å². The fraction of sp³-hybridized carbons (Fsp3) is 0.917. The van der Waals surface area contributed by atoms with Gasteiger partial charge in [-0.15, -0.1) is 0 Å². The van der Waals surface area contributed by atoms with Crippen molar-refractivity contribution in [2.75, 3.05) is 13.2 Å². The van der Waals surface area contributed by atoms with Gasteiger partial charge in [0.15, 0.2) is 0 Å². The smallest absolute Gasteiger partial charge is 0.242 e. The van der Waals surface area contributed by atoms with Crippen LogP contribution in [0, 0.1) is 0 Å². The molecule has 4 nitrogen and oxygen atoms in total. The topological polar surface area (TPSA) is 55.6 Å². The molecule has 0 bridgehead atoms. The Bertz CT molecular complexity index is 253. The standard InChI is InChI=1S/C12H24N2O2/c1-5-10-8-16-9(3)7-14(10)11(15)12(4,13)6-2/h9-10H,5-8,13H2,1-4H3. The quantitative estimate of drug-likeness (QED) is 0.788. The van der Waals surface area contributed by atoms with Crippen molar-refractivity contribution in [2.45, 2.75) is 58.2 Å². The van der Waals surface area contributed by atoms with Crippen LogP contribution in [-0.2, 0) is 9.53 Å². The average Bonchev–Trinajstić information content (AvgIpc) is 2.28. The van der Waals surface area contributed by atoms with Crippen LogP contribution in [-0.4, -0.2) is 41.6 Å². The lowest BCUT2D eigenvalue weighted by atomic mass is 9.96. The van der Waals surface area contributed by atoms with Crippen molar-refractivity contribution in [3.05, 3.63) is 0 Å². The Hall–Kier alpha value is -0.610. The summed E-state index contributed by atoms with van der Waals surface area (Å²) >= 11 is 0. The van der Waals surface area contributed by atoms with Gasteiger partial charge in [0.2, 0.25) is 5.91 Å². The molecule has 1 heterocycles. The normalized spacial score (nSPS) is 29.9. The van der Waals surface area contributed by atoms with E-state index in [1.807, 2.05) is 25.7 Å². The van der Waals surface area contributed by atoms with Crippen LogP contribution in [0.2, 0.25) is 0 Å². The van der Waals surface area contributed by atoms with Crippen LogP contribution >= 0.6 is 0 Å². The lowest BCUT2D eigenvalue weighted by molar-refractivity contribution is -0.149. The molecular weight excluding hydrogens is 204 g/mol. The molecule has 0 aromatic heterocycles.